The minimum absolute atomic E-state index is 0.0318. The number of carbonyl (C=O) groups excluding carboxylic acids is 1. The second kappa shape index (κ2) is 7.41. The third-order valence-electron chi connectivity index (χ3n) is 3.78. The maximum absolute atomic E-state index is 13.8. The van der Waals surface area contributed by atoms with Crippen molar-refractivity contribution in [1.82, 2.24) is 4.90 Å². The predicted octanol–water partition coefficient (Wildman–Crippen LogP) is 2.49. The molecule has 2 rings (SSSR count). The first-order chi connectivity index (χ1) is 10.1. The highest BCUT2D eigenvalue weighted by Crippen LogP contribution is 2.24. The summed E-state index contributed by atoms with van der Waals surface area (Å²) in [5.74, 6) is -0.711. The lowest BCUT2D eigenvalue weighted by Crippen LogP contribution is -2.41. The summed E-state index contributed by atoms with van der Waals surface area (Å²) in [7, 11) is 0. The standard InChI is InChI=1S/C16H22FNO3/c1-12(16(20)18-9-4-2-3-5-10-18)21-15-13(11-19)7-6-8-14(15)17/h6-8,12,19H,2-5,9-11H2,1H3. The fourth-order valence-corrected chi connectivity index (χ4v) is 2.59. The molecule has 1 N–H and O–H groups in total. The van der Waals surface area contributed by atoms with Gasteiger partial charge in [-0.15, -0.1) is 0 Å². The van der Waals surface area contributed by atoms with Crippen molar-refractivity contribution < 1.29 is 19.0 Å². The molecule has 0 aliphatic carbocycles. The highest BCUT2D eigenvalue weighted by molar-refractivity contribution is 5.81. The number of rotatable bonds is 4. The van der Waals surface area contributed by atoms with E-state index in [1.54, 1.807) is 17.9 Å². The van der Waals surface area contributed by atoms with Gasteiger partial charge in [-0.1, -0.05) is 25.0 Å². The van der Waals surface area contributed by atoms with E-state index in [1.165, 1.54) is 12.1 Å². The van der Waals surface area contributed by atoms with Gasteiger partial charge in [-0.2, -0.15) is 0 Å². The summed E-state index contributed by atoms with van der Waals surface area (Å²) in [6.45, 7) is 2.77. The zero-order chi connectivity index (χ0) is 15.2. The van der Waals surface area contributed by atoms with E-state index in [0.29, 0.717) is 5.56 Å². The number of nitrogens with zero attached hydrogens (tertiary/aromatic N) is 1. The molecule has 1 unspecified atom stereocenters. The number of halogens is 1. The summed E-state index contributed by atoms with van der Waals surface area (Å²) in [6, 6.07) is 4.36. The Labute approximate surface area is 124 Å². The Morgan fingerprint density at radius 3 is 2.62 bits per heavy atom. The summed E-state index contributed by atoms with van der Waals surface area (Å²) in [5, 5.41) is 9.24. The maximum Gasteiger partial charge on any atom is 0.263 e. The largest absolute Gasteiger partial charge is 0.477 e. The minimum atomic E-state index is -0.759. The van der Waals surface area contributed by atoms with Crippen LogP contribution in [0.15, 0.2) is 18.2 Å². The monoisotopic (exact) mass is 295 g/mol. The molecule has 1 aliphatic rings. The molecule has 1 saturated heterocycles. The summed E-state index contributed by atoms with van der Waals surface area (Å²) in [6.07, 6.45) is 3.52. The number of benzene rings is 1. The van der Waals surface area contributed by atoms with Gasteiger partial charge in [0, 0.05) is 18.7 Å². The van der Waals surface area contributed by atoms with Crippen LogP contribution in [0.4, 0.5) is 4.39 Å². The molecular formula is C16H22FNO3. The molecule has 116 valence electrons. The van der Waals surface area contributed by atoms with Crippen molar-refractivity contribution in [1.29, 1.82) is 0 Å². The van der Waals surface area contributed by atoms with Gasteiger partial charge in [0.05, 0.1) is 6.61 Å². The van der Waals surface area contributed by atoms with Crippen LogP contribution in [0, 0.1) is 5.82 Å². The first-order valence-corrected chi connectivity index (χ1v) is 7.47. The van der Waals surface area contributed by atoms with Crippen molar-refractivity contribution in [3.63, 3.8) is 0 Å². The minimum Gasteiger partial charge on any atom is -0.477 e. The van der Waals surface area contributed by atoms with E-state index in [0.717, 1.165) is 38.8 Å². The number of carbonyl (C=O) groups is 1. The number of amides is 1. The molecule has 1 amide bonds. The Bertz CT molecular complexity index is 484. The van der Waals surface area contributed by atoms with Gasteiger partial charge in [0.15, 0.2) is 17.7 Å². The van der Waals surface area contributed by atoms with E-state index in [-0.39, 0.29) is 18.3 Å². The molecule has 1 fully saturated rings. The van der Waals surface area contributed by atoms with Crippen molar-refractivity contribution in [3.8, 4) is 5.75 Å². The number of ether oxygens (including phenoxy) is 1. The second-order valence-corrected chi connectivity index (χ2v) is 5.39. The molecule has 4 nitrogen and oxygen atoms in total. The molecule has 0 spiro atoms. The van der Waals surface area contributed by atoms with E-state index in [4.69, 9.17) is 4.74 Å². The highest BCUT2D eigenvalue weighted by atomic mass is 19.1. The molecule has 0 aromatic heterocycles. The van der Waals surface area contributed by atoms with Crippen molar-refractivity contribution in [2.24, 2.45) is 0 Å². The topological polar surface area (TPSA) is 49.8 Å². The molecule has 1 aromatic carbocycles. The Morgan fingerprint density at radius 2 is 2.00 bits per heavy atom. The third-order valence-corrected chi connectivity index (χ3v) is 3.78. The van der Waals surface area contributed by atoms with Crippen LogP contribution in [-0.2, 0) is 11.4 Å². The lowest BCUT2D eigenvalue weighted by Gasteiger charge is -2.25. The van der Waals surface area contributed by atoms with Crippen molar-refractivity contribution in [3.05, 3.63) is 29.6 Å². The Kier molecular flexibility index (Phi) is 5.56. The first kappa shape index (κ1) is 15.8. The number of aliphatic hydroxyl groups excluding tert-OH is 1. The van der Waals surface area contributed by atoms with E-state index in [2.05, 4.69) is 0 Å². The lowest BCUT2D eigenvalue weighted by molar-refractivity contribution is -0.138. The van der Waals surface area contributed by atoms with E-state index < -0.39 is 11.9 Å². The van der Waals surface area contributed by atoms with Crippen molar-refractivity contribution in [2.75, 3.05) is 13.1 Å². The van der Waals surface area contributed by atoms with E-state index >= 15 is 0 Å². The Balaban J connectivity index is 2.06. The lowest BCUT2D eigenvalue weighted by atomic mass is 10.2. The van der Waals surface area contributed by atoms with E-state index in [1.807, 2.05) is 0 Å². The quantitative estimate of drug-likeness (QED) is 0.928. The zero-order valence-electron chi connectivity index (χ0n) is 12.3. The third kappa shape index (κ3) is 3.94. The van der Waals surface area contributed by atoms with Gasteiger partial charge in [0.2, 0.25) is 0 Å². The van der Waals surface area contributed by atoms with Crippen molar-refractivity contribution in [2.45, 2.75) is 45.3 Å². The van der Waals surface area contributed by atoms with Crippen LogP contribution >= 0.6 is 0 Å². The average molecular weight is 295 g/mol. The summed E-state index contributed by atoms with van der Waals surface area (Å²) >= 11 is 0. The molecule has 0 radical (unpaired) electrons. The van der Waals surface area contributed by atoms with Gasteiger partial charge >= 0.3 is 0 Å². The Morgan fingerprint density at radius 1 is 1.33 bits per heavy atom. The van der Waals surface area contributed by atoms with Crippen LogP contribution in [0.25, 0.3) is 0 Å². The molecule has 1 aromatic rings. The van der Waals surface area contributed by atoms with Gasteiger partial charge in [0.25, 0.3) is 5.91 Å². The van der Waals surface area contributed by atoms with Gasteiger partial charge < -0.3 is 14.7 Å². The molecular weight excluding hydrogens is 273 g/mol. The summed E-state index contributed by atoms with van der Waals surface area (Å²) in [5.41, 5.74) is 0.352. The highest BCUT2D eigenvalue weighted by Gasteiger charge is 2.24. The number of likely N-dealkylation sites (tertiary alicyclic amines) is 1. The maximum atomic E-state index is 13.8. The first-order valence-electron chi connectivity index (χ1n) is 7.47. The van der Waals surface area contributed by atoms with Crippen LogP contribution in [0.5, 0.6) is 5.75 Å². The van der Waals surface area contributed by atoms with Crippen LogP contribution in [0.1, 0.15) is 38.2 Å². The number of para-hydroxylation sites is 1. The number of hydrogen-bond donors (Lipinski definition) is 1. The molecule has 1 heterocycles. The fraction of sp³-hybridized carbons (Fsp3) is 0.562. The van der Waals surface area contributed by atoms with Crippen LogP contribution < -0.4 is 4.74 Å². The molecule has 21 heavy (non-hydrogen) atoms. The summed E-state index contributed by atoms with van der Waals surface area (Å²) in [4.78, 5) is 14.2. The number of aliphatic hydroxyl groups is 1. The van der Waals surface area contributed by atoms with Gasteiger partial charge in [-0.25, -0.2) is 4.39 Å². The predicted molar refractivity (Wildman–Crippen MR) is 77.5 cm³/mol. The zero-order valence-corrected chi connectivity index (χ0v) is 12.3. The molecule has 5 heteroatoms. The van der Waals surface area contributed by atoms with E-state index in [9.17, 15) is 14.3 Å². The summed E-state index contributed by atoms with van der Waals surface area (Å²) < 4.78 is 19.3. The fourth-order valence-electron chi connectivity index (χ4n) is 2.59. The second-order valence-electron chi connectivity index (χ2n) is 5.39. The van der Waals surface area contributed by atoms with Gasteiger partial charge in [-0.05, 0) is 25.8 Å². The SMILES string of the molecule is CC(Oc1c(F)cccc1CO)C(=O)N1CCCCCC1. The average Bonchev–Trinajstić information content (AvgIpc) is 2.77. The van der Waals surface area contributed by atoms with Gasteiger partial charge in [-0.3, -0.25) is 4.79 Å². The Hall–Kier alpha value is -1.62. The molecule has 0 saturated carbocycles. The number of hydrogen-bond acceptors (Lipinski definition) is 3. The van der Waals surface area contributed by atoms with Crippen LogP contribution in [0.2, 0.25) is 0 Å². The molecule has 1 aliphatic heterocycles. The van der Waals surface area contributed by atoms with Crippen molar-refractivity contribution >= 4 is 5.91 Å². The smallest absolute Gasteiger partial charge is 0.263 e. The molecule has 1 atom stereocenters. The molecule has 0 bridgehead atoms. The van der Waals surface area contributed by atoms with Crippen LogP contribution in [-0.4, -0.2) is 35.1 Å². The van der Waals surface area contributed by atoms with Crippen LogP contribution in [0.3, 0.4) is 0 Å². The van der Waals surface area contributed by atoms with Gasteiger partial charge in [0.1, 0.15) is 0 Å². The normalized spacial score (nSPS) is 17.2.